The van der Waals surface area contributed by atoms with Crippen LogP contribution in [-0.4, -0.2) is 22.1 Å². The molecule has 0 atom stereocenters. The van der Waals surface area contributed by atoms with Crippen LogP contribution in [-0.2, 0) is 0 Å². The molecule has 1 aromatic heterocycles. The Balaban J connectivity index is 2.12. The molecule has 0 aromatic carbocycles. The molecule has 0 bridgehead atoms. The van der Waals surface area contributed by atoms with Gasteiger partial charge in [0.25, 0.3) is 0 Å². The van der Waals surface area contributed by atoms with Crippen molar-refractivity contribution in [3.8, 4) is 0 Å². The SMILES string of the molecule is Nc1cc(C(=O)O)cnc1NC1CCCC1. The molecule has 0 aliphatic heterocycles. The molecule has 1 saturated carbocycles. The van der Waals surface area contributed by atoms with E-state index in [2.05, 4.69) is 10.3 Å². The number of nitrogens with zero attached hydrogens (tertiary/aromatic N) is 1. The third kappa shape index (κ3) is 2.24. The van der Waals surface area contributed by atoms with E-state index in [-0.39, 0.29) is 5.56 Å². The van der Waals surface area contributed by atoms with E-state index in [0.29, 0.717) is 17.5 Å². The minimum Gasteiger partial charge on any atom is -0.478 e. The molecule has 0 saturated heterocycles. The number of nitrogens with one attached hydrogen (secondary N) is 1. The maximum absolute atomic E-state index is 10.7. The zero-order chi connectivity index (χ0) is 11.5. The number of rotatable bonds is 3. The maximum Gasteiger partial charge on any atom is 0.337 e. The molecule has 1 aliphatic rings. The summed E-state index contributed by atoms with van der Waals surface area (Å²) in [6.45, 7) is 0. The van der Waals surface area contributed by atoms with Crippen molar-refractivity contribution in [1.29, 1.82) is 0 Å². The number of nitrogens with two attached hydrogens (primary N) is 1. The van der Waals surface area contributed by atoms with Gasteiger partial charge in [-0.25, -0.2) is 9.78 Å². The molecule has 1 aromatic rings. The molecule has 5 nitrogen and oxygen atoms in total. The van der Waals surface area contributed by atoms with E-state index in [9.17, 15) is 4.79 Å². The molecule has 5 heteroatoms. The van der Waals surface area contributed by atoms with Gasteiger partial charge in [0.2, 0.25) is 0 Å². The van der Waals surface area contributed by atoms with E-state index < -0.39 is 5.97 Å². The molecule has 1 heterocycles. The number of carbonyl (C=O) groups is 1. The van der Waals surface area contributed by atoms with Crippen LogP contribution in [0.1, 0.15) is 36.0 Å². The number of hydrogen-bond acceptors (Lipinski definition) is 4. The normalized spacial score (nSPS) is 16.2. The number of carboxylic acids is 1. The molecule has 0 radical (unpaired) electrons. The highest BCUT2D eigenvalue weighted by Crippen LogP contribution is 2.24. The van der Waals surface area contributed by atoms with Crippen LogP contribution in [0.5, 0.6) is 0 Å². The second-order valence-electron chi connectivity index (χ2n) is 4.09. The first-order chi connectivity index (χ1) is 7.66. The quantitative estimate of drug-likeness (QED) is 0.723. The first kappa shape index (κ1) is 10.7. The van der Waals surface area contributed by atoms with Crippen molar-refractivity contribution in [2.75, 3.05) is 11.1 Å². The van der Waals surface area contributed by atoms with Crippen molar-refractivity contribution >= 4 is 17.5 Å². The molecule has 86 valence electrons. The van der Waals surface area contributed by atoms with Crippen LogP contribution in [0.15, 0.2) is 12.3 Å². The van der Waals surface area contributed by atoms with Gasteiger partial charge < -0.3 is 16.2 Å². The molecule has 0 amide bonds. The Morgan fingerprint density at radius 1 is 1.50 bits per heavy atom. The fourth-order valence-corrected chi connectivity index (χ4v) is 1.98. The average molecular weight is 221 g/mol. The monoisotopic (exact) mass is 221 g/mol. The van der Waals surface area contributed by atoms with Gasteiger partial charge in [-0.3, -0.25) is 0 Å². The molecule has 0 unspecified atom stereocenters. The zero-order valence-corrected chi connectivity index (χ0v) is 8.94. The summed E-state index contributed by atoms with van der Waals surface area (Å²) in [5.41, 5.74) is 6.26. The van der Waals surface area contributed by atoms with Gasteiger partial charge in [-0.2, -0.15) is 0 Å². The molecule has 2 rings (SSSR count). The Kier molecular flexibility index (Phi) is 2.94. The van der Waals surface area contributed by atoms with Gasteiger partial charge in [0.05, 0.1) is 11.3 Å². The lowest BCUT2D eigenvalue weighted by Crippen LogP contribution is -2.17. The molecule has 1 fully saturated rings. The van der Waals surface area contributed by atoms with Gasteiger partial charge in [0.1, 0.15) is 5.82 Å². The summed E-state index contributed by atoms with van der Waals surface area (Å²) in [6.07, 6.45) is 6.04. The summed E-state index contributed by atoms with van der Waals surface area (Å²) in [5, 5.41) is 12.0. The first-order valence-electron chi connectivity index (χ1n) is 5.42. The van der Waals surface area contributed by atoms with Crippen LogP contribution >= 0.6 is 0 Å². The molecular formula is C11H15N3O2. The number of carboxylic acid groups (broad SMARTS) is 1. The highest BCUT2D eigenvalue weighted by molar-refractivity contribution is 5.89. The van der Waals surface area contributed by atoms with Crippen molar-refractivity contribution in [2.24, 2.45) is 0 Å². The first-order valence-corrected chi connectivity index (χ1v) is 5.42. The van der Waals surface area contributed by atoms with Crippen molar-refractivity contribution in [3.63, 3.8) is 0 Å². The van der Waals surface area contributed by atoms with Crippen LogP contribution in [0, 0.1) is 0 Å². The fourth-order valence-electron chi connectivity index (χ4n) is 1.98. The smallest absolute Gasteiger partial charge is 0.337 e. The third-order valence-electron chi connectivity index (χ3n) is 2.86. The molecule has 0 spiro atoms. The van der Waals surface area contributed by atoms with Gasteiger partial charge in [-0.15, -0.1) is 0 Å². The van der Waals surface area contributed by atoms with Crippen LogP contribution in [0.2, 0.25) is 0 Å². The molecule has 16 heavy (non-hydrogen) atoms. The summed E-state index contributed by atoms with van der Waals surface area (Å²) in [6, 6.07) is 1.86. The van der Waals surface area contributed by atoms with Crippen molar-refractivity contribution in [1.82, 2.24) is 4.98 Å². The molecular weight excluding hydrogens is 206 g/mol. The van der Waals surface area contributed by atoms with Crippen molar-refractivity contribution in [3.05, 3.63) is 17.8 Å². The number of aromatic nitrogens is 1. The summed E-state index contributed by atoms with van der Waals surface area (Å²) in [4.78, 5) is 14.7. The van der Waals surface area contributed by atoms with Crippen LogP contribution in [0.4, 0.5) is 11.5 Å². The van der Waals surface area contributed by atoms with Gasteiger partial charge >= 0.3 is 5.97 Å². The summed E-state index contributed by atoms with van der Waals surface area (Å²) in [7, 11) is 0. The fraction of sp³-hybridized carbons (Fsp3) is 0.455. The predicted octanol–water partition coefficient (Wildman–Crippen LogP) is 1.72. The summed E-state index contributed by atoms with van der Waals surface area (Å²) >= 11 is 0. The number of aromatic carboxylic acids is 1. The lowest BCUT2D eigenvalue weighted by Gasteiger charge is -2.14. The van der Waals surface area contributed by atoms with E-state index in [0.717, 1.165) is 12.8 Å². The van der Waals surface area contributed by atoms with Crippen LogP contribution < -0.4 is 11.1 Å². The number of nitrogen functional groups attached to an aromatic ring is 1. The minimum atomic E-state index is -1.01. The van der Waals surface area contributed by atoms with E-state index in [4.69, 9.17) is 10.8 Å². The highest BCUT2D eigenvalue weighted by atomic mass is 16.4. The molecule has 4 N–H and O–H groups in total. The Morgan fingerprint density at radius 2 is 2.19 bits per heavy atom. The highest BCUT2D eigenvalue weighted by Gasteiger charge is 2.16. The Hall–Kier alpha value is -1.78. The van der Waals surface area contributed by atoms with Gasteiger partial charge in [-0.05, 0) is 18.9 Å². The topological polar surface area (TPSA) is 88.2 Å². The second kappa shape index (κ2) is 4.38. The second-order valence-corrected chi connectivity index (χ2v) is 4.09. The Bertz CT molecular complexity index is 400. The van der Waals surface area contributed by atoms with Crippen LogP contribution in [0.25, 0.3) is 0 Å². The lowest BCUT2D eigenvalue weighted by molar-refractivity contribution is 0.0696. The average Bonchev–Trinajstić information content (AvgIpc) is 2.73. The zero-order valence-electron chi connectivity index (χ0n) is 8.94. The minimum absolute atomic E-state index is 0.120. The van der Waals surface area contributed by atoms with Crippen LogP contribution in [0.3, 0.4) is 0 Å². The number of anilines is 2. The van der Waals surface area contributed by atoms with Gasteiger partial charge in [0.15, 0.2) is 0 Å². The van der Waals surface area contributed by atoms with Gasteiger partial charge in [0, 0.05) is 12.2 Å². The van der Waals surface area contributed by atoms with Gasteiger partial charge in [-0.1, -0.05) is 12.8 Å². The largest absolute Gasteiger partial charge is 0.478 e. The van der Waals surface area contributed by atoms with E-state index in [1.54, 1.807) is 0 Å². The van der Waals surface area contributed by atoms with Crippen molar-refractivity contribution in [2.45, 2.75) is 31.7 Å². The summed E-state index contributed by atoms with van der Waals surface area (Å²) < 4.78 is 0. The number of hydrogen-bond donors (Lipinski definition) is 3. The Labute approximate surface area is 93.7 Å². The van der Waals surface area contributed by atoms with E-state index in [1.807, 2.05) is 0 Å². The maximum atomic E-state index is 10.7. The standard InChI is InChI=1S/C11H15N3O2/c12-9-5-7(11(15)16)6-13-10(9)14-8-3-1-2-4-8/h5-6,8H,1-4,12H2,(H,13,14)(H,15,16). The van der Waals surface area contributed by atoms with E-state index in [1.165, 1.54) is 25.1 Å². The van der Waals surface area contributed by atoms with Crippen molar-refractivity contribution < 1.29 is 9.90 Å². The molecule has 1 aliphatic carbocycles. The predicted molar refractivity (Wildman–Crippen MR) is 61.5 cm³/mol. The summed E-state index contributed by atoms with van der Waals surface area (Å²) in [5.74, 6) is -0.413. The number of pyridine rings is 1. The Morgan fingerprint density at radius 3 is 2.75 bits per heavy atom. The third-order valence-corrected chi connectivity index (χ3v) is 2.86. The lowest BCUT2D eigenvalue weighted by atomic mass is 10.2. The van der Waals surface area contributed by atoms with E-state index >= 15 is 0 Å².